The summed E-state index contributed by atoms with van der Waals surface area (Å²) in [6.07, 6.45) is 1.62. The van der Waals surface area contributed by atoms with Crippen LogP contribution < -0.4 is 5.43 Å². The van der Waals surface area contributed by atoms with Crippen molar-refractivity contribution in [3.63, 3.8) is 0 Å². The van der Waals surface area contributed by atoms with Crippen LogP contribution >= 0.6 is 11.3 Å². The predicted molar refractivity (Wildman–Crippen MR) is 89.3 cm³/mol. The lowest BCUT2D eigenvalue weighted by Crippen LogP contribution is -1.98. The molecule has 3 aromatic rings. The van der Waals surface area contributed by atoms with Crippen LogP contribution in [0.2, 0.25) is 0 Å². The van der Waals surface area contributed by atoms with E-state index in [-0.39, 0.29) is 5.84 Å². The van der Waals surface area contributed by atoms with Crippen molar-refractivity contribution in [3.8, 4) is 10.4 Å². The maximum absolute atomic E-state index is 7.79. The number of nitrogens with zero attached hydrogens (tertiary/aromatic N) is 3. The van der Waals surface area contributed by atoms with Crippen LogP contribution in [-0.4, -0.2) is 10.8 Å². The van der Waals surface area contributed by atoms with Crippen molar-refractivity contribution in [1.82, 2.24) is 4.98 Å². The van der Waals surface area contributed by atoms with E-state index < -0.39 is 0 Å². The number of hydrogen-bond donors (Lipinski definition) is 2. The molecule has 0 aliphatic carbocycles. The molecular formula is C16H13N5S. The Morgan fingerprint density at radius 3 is 2.82 bits per heavy atom. The highest BCUT2D eigenvalue weighted by Crippen LogP contribution is 2.26. The van der Waals surface area contributed by atoms with Crippen molar-refractivity contribution in [3.05, 3.63) is 71.9 Å². The summed E-state index contributed by atoms with van der Waals surface area (Å²) in [6.45, 7) is 0. The van der Waals surface area contributed by atoms with Gasteiger partial charge in [0.25, 0.3) is 0 Å². The molecule has 0 saturated carbocycles. The molecule has 2 heterocycles. The number of amidine groups is 1. The molecule has 0 saturated heterocycles. The molecule has 2 N–H and O–H groups in total. The fourth-order valence-electron chi connectivity index (χ4n) is 1.87. The van der Waals surface area contributed by atoms with Gasteiger partial charge in [0.15, 0.2) is 5.84 Å². The Morgan fingerprint density at radius 2 is 2.05 bits per heavy atom. The molecule has 5 nitrogen and oxygen atoms in total. The highest BCUT2D eigenvalue weighted by molar-refractivity contribution is 7.13. The van der Waals surface area contributed by atoms with Gasteiger partial charge in [-0.1, -0.05) is 29.5 Å². The van der Waals surface area contributed by atoms with Crippen molar-refractivity contribution in [2.45, 2.75) is 0 Å². The van der Waals surface area contributed by atoms with E-state index in [1.54, 1.807) is 29.7 Å². The van der Waals surface area contributed by atoms with Gasteiger partial charge in [-0.2, -0.15) is 0 Å². The van der Waals surface area contributed by atoms with Crippen LogP contribution in [0, 0.1) is 5.41 Å². The molecule has 3 rings (SSSR count). The third-order valence-corrected chi connectivity index (χ3v) is 3.82. The third kappa shape index (κ3) is 3.42. The molecule has 0 amide bonds. The Labute approximate surface area is 131 Å². The lowest BCUT2D eigenvalue weighted by atomic mass is 10.2. The number of thiophene rings is 1. The highest BCUT2D eigenvalue weighted by atomic mass is 32.1. The maximum Gasteiger partial charge on any atom is 0.194 e. The van der Waals surface area contributed by atoms with Crippen LogP contribution in [0.1, 0.15) is 5.69 Å². The van der Waals surface area contributed by atoms with E-state index in [0.29, 0.717) is 5.69 Å². The number of rotatable bonds is 4. The number of nitrogens with one attached hydrogen (secondary N) is 2. The van der Waals surface area contributed by atoms with Crippen LogP contribution in [0.3, 0.4) is 0 Å². The number of hydrogen-bond acceptors (Lipinski definition) is 4. The quantitative estimate of drug-likeness (QED) is 0.319. The van der Waals surface area contributed by atoms with E-state index in [4.69, 9.17) is 5.41 Å². The van der Waals surface area contributed by atoms with Crippen molar-refractivity contribution >= 4 is 22.9 Å². The van der Waals surface area contributed by atoms with E-state index >= 15 is 0 Å². The molecule has 0 spiro atoms. The zero-order valence-corrected chi connectivity index (χ0v) is 12.4. The SMILES string of the molecule is N=C(/N=N\Nc1cccc(-c2cccs2)c1)c1ccccn1. The largest absolute Gasteiger partial charge is 0.279 e. The van der Waals surface area contributed by atoms with E-state index in [1.165, 1.54) is 4.88 Å². The third-order valence-electron chi connectivity index (χ3n) is 2.90. The lowest BCUT2D eigenvalue weighted by Gasteiger charge is -2.02. The van der Waals surface area contributed by atoms with Crippen LogP contribution in [-0.2, 0) is 0 Å². The normalized spacial score (nSPS) is 10.7. The van der Waals surface area contributed by atoms with Gasteiger partial charge in [-0.3, -0.25) is 15.8 Å². The fraction of sp³-hybridized carbons (Fsp3) is 0. The summed E-state index contributed by atoms with van der Waals surface area (Å²) >= 11 is 1.69. The van der Waals surface area contributed by atoms with Gasteiger partial charge in [0, 0.05) is 11.1 Å². The first-order valence-electron chi connectivity index (χ1n) is 6.63. The summed E-state index contributed by atoms with van der Waals surface area (Å²) < 4.78 is 0. The average molecular weight is 307 g/mol. The van der Waals surface area contributed by atoms with E-state index in [2.05, 4.69) is 26.8 Å². The molecule has 0 atom stereocenters. The highest BCUT2D eigenvalue weighted by Gasteiger charge is 2.01. The van der Waals surface area contributed by atoms with Crippen molar-refractivity contribution in [2.24, 2.45) is 10.3 Å². The Morgan fingerprint density at radius 1 is 1.09 bits per heavy atom. The topological polar surface area (TPSA) is 73.5 Å². The summed E-state index contributed by atoms with van der Waals surface area (Å²) in [5.41, 5.74) is 5.27. The van der Waals surface area contributed by atoms with Crippen LogP contribution in [0.5, 0.6) is 0 Å². The minimum atomic E-state index is 0.0162. The predicted octanol–water partition coefficient (Wildman–Crippen LogP) is 4.61. The Balaban J connectivity index is 1.68. The smallest absolute Gasteiger partial charge is 0.194 e. The molecule has 2 aromatic heterocycles. The fourth-order valence-corrected chi connectivity index (χ4v) is 2.60. The number of aromatic nitrogens is 1. The number of anilines is 1. The van der Waals surface area contributed by atoms with Gasteiger partial charge in [0.2, 0.25) is 0 Å². The minimum Gasteiger partial charge on any atom is -0.279 e. The van der Waals surface area contributed by atoms with Gasteiger partial charge < -0.3 is 0 Å². The molecule has 0 fully saturated rings. The Kier molecular flexibility index (Phi) is 4.31. The van der Waals surface area contributed by atoms with Crippen molar-refractivity contribution in [1.29, 1.82) is 5.41 Å². The Hall–Kier alpha value is -2.86. The second-order valence-corrected chi connectivity index (χ2v) is 5.38. The van der Waals surface area contributed by atoms with Gasteiger partial charge in [0.05, 0.1) is 5.69 Å². The van der Waals surface area contributed by atoms with E-state index in [0.717, 1.165) is 11.3 Å². The average Bonchev–Trinajstić information content (AvgIpc) is 3.10. The van der Waals surface area contributed by atoms with Gasteiger partial charge in [-0.25, -0.2) is 0 Å². The molecule has 0 bridgehead atoms. The van der Waals surface area contributed by atoms with Crippen LogP contribution in [0.4, 0.5) is 5.69 Å². The van der Waals surface area contributed by atoms with E-state index in [1.807, 2.05) is 41.8 Å². The maximum atomic E-state index is 7.79. The molecule has 0 unspecified atom stereocenters. The second-order valence-electron chi connectivity index (χ2n) is 4.43. The van der Waals surface area contributed by atoms with Crippen molar-refractivity contribution in [2.75, 3.05) is 5.43 Å². The summed E-state index contributed by atoms with van der Waals surface area (Å²) in [4.78, 5) is 5.24. The standard InChI is InChI=1S/C16H13N5S/c17-16(14-7-1-2-9-18-14)20-21-19-13-6-3-5-12(11-13)15-8-4-10-22-15/h1-11H,(H2,17,19,20). The second kappa shape index (κ2) is 6.73. The summed E-state index contributed by atoms with van der Waals surface area (Å²) in [5, 5.41) is 17.5. The monoisotopic (exact) mass is 307 g/mol. The first-order chi connectivity index (χ1) is 10.8. The van der Waals surface area contributed by atoms with Gasteiger partial charge in [-0.05, 0) is 41.3 Å². The molecule has 22 heavy (non-hydrogen) atoms. The van der Waals surface area contributed by atoms with Gasteiger partial charge in [0.1, 0.15) is 5.69 Å². The molecular weight excluding hydrogens is 294 g/mol. The zero-order chi connectivity index (χ0) is 15.2. The van der Waals surface area contributed by atoms with E-state index in [9.17, 15) is 0 Å². The summed E-state index contributed by atoms with van der Waals surface area (Å²) in [6, 6.07) is 17.3. The molecule has 0 aliphatic rings. The molecule has 0 radical (unpaired) electrons. The Bertz CT molecular complexity index is 781. The minimum absolute atomic E-state index is 0.0162. The first-order valence-corrected chi connectivity index (χ1v) is 7.51. The van der Waals surface area contributed by atoms with Crippen LogP contribution in [0.15, 0.2) is 76.5 Å². The van der Waals surface area contributed by atoms with Crippen molar-refractivity contribution < 1.29 is 0 Å². The number of benzene rings is 1. The summed E-state index contributed by atoms with van der Waals surface area (Å²) in [5.74, 6) is 0.0162. The van der Waals surface area contributed by atoms with Gasteiger partial charge >= 0.3 is 0 Å². The summed E-state index contributed by atoms with van der Waals surface area (Å²) in [7, 11) is 0. The molecule has 108 valence electrons. The lowest BCUT2D eigenvalue weighted by molar-refractivity contribution is 1.13. The molecule has 1 aromatic carbocycles. The number of pyridine rings is 1. The van der Waals surface area contributed by atoms with Gasteiger partial charge in [-0.15, -0.1) is 16.5 Å². The molecule has 0 aliphatic heterocycles. The molecule has 6 heteroatoms. The zero-order valence-electron chi connectivity index (χ0n) is 11.6. The van der Waals surface area contributed by atoms with Crippen LogP contribution in [0.25, 0.3) is 10.4 Å². The first kappa shape index (κ1) is 14.1.